The van der Waals surface area contributed by atoms with Crippen molar-refractivity contribution in [2.24, 2.45) is 0 Å². The van der Waals surface area contributed by atoms with Crippen molar-refractivity contribution in [3.05, 3.63) is 73.2 Å². The lowest BCUT2D eigenvalue weighted by molar-refractivity contribution is -0.134. The van der Waals surface area contributed by atoms with E-state index in [1.807, 2.05) is 12.1 Å². The van der Waals surface area contributed by atoms with Crippen LogP contribution >= 0.6 is 0 Å². The molecule has 5 heteroatoms. The highest BCUT2D eigenvalue weighted by molar-refractivity contribution is 5.95. The summed E-state index contributed by atoms with van der Waals surface area (Å²) < 4.78 is 16.1. The Labute approximate surface area is 145 Å². The van der Waals surface area contributed by atoms with Gasteiger partial charge in [-0.1, -0.05) is 37.4 Å². The predicted octanol–water partition coefficient (Wildman–Crippen LogP) is 4.29. The second kappa shape index (κ2) is 7.97. The number of allylic oxidation sites excluding steroid dienone is 2. The van der Waals surface area contributed by atoms with E-state index in [9.17, 15) is 9.59 Å². The molecule has 0 aliphatic rings. The Morgan fingerprint density at radius 1 is 0.800 bits per heavy atom. The van der Waals surface area contributed by atoms with E-state index >= 15 is 0 Å². The standard InChI is InChI=1S/C20H18O5/c1-5-19(21)24-14(4)13(3)23-17-11-7-10-16-15(17)9-8-12-18(16)25-20(22)6-2/h5-12H,1-2H2,3-4H3/b14-13+. The number of carbonyl (C=O) groups is 2. The molecule has 5 nitrogen and oxygen atoms in total. The molecule has 2 aromatic carbocycles. The number of esters is 2. The molecule has 0 spiro atoms. The Kier molecular flexibility index (Phi) is 5.74. The van der Waals surface area contributed by atoms with Gasteiger partial charge in [0.2, 0.25) is 0 Å². The van der Waals surface area contributed by atoms with E-state index in [1.54, 1.807) is 38.1 Å². The minimum absolute atomic E-state index is 0.330. The maximum atomic E-state index is 11.5. The molecule has 25 heavy (non-hydrogen) atoms. The molecule has 2 aromatic rings. The van der Waals surface area contributed by atoms with E-state index in [-0.39, 0.29) is 0 Å². The van der Waals surface area contributed by atoms with Gasteiger partial charge in [0.05, 0.1) is 0 Å². The third-order valence-corrected chi connectivity index (χ3v) is 3.40. The molecule has 0 radical (unpaired) electrons. The molecule has 0 aliphatic heterocycles. The van der Waals surface area contributed by atoms with Crippen LogP contribution in [0.1, 0.15) is 13.8 Å². The van der Waals surface area contributed by atoms with Crippen LogP contribution in [0.3, 0.4) is 0 Å². The van der Waals surface area contributed by atoms with Crippen molar-refractivity contribution in [1.29, 1.82) is 0 Å². The fraction of sp³-hybridized carbons (Fsp3) is 0.100. The van der Waals surface area contributed by atoms with Gasteiger partial charge in [-0.25, -0.2) is 9.59 Å². The van der Waals surface area contributed by atoms with Crippen LogP contribution in [-0.2, 0) is 14.3 Å². The highest BCUT2D eigenvalue weighted by atomic mass is 16.6. The fourth-order valence-electron chi connectivity index (χ4n) is 2.08. The van der Waals surface area contributed by atoms with Crippen LogP contribution < -0.4 is 9.47 Å². The second-order valence-corrected chi connectivity index (χ2v) is 5.07. The van der Waals surface area contributed by atoms with E-state index in [0.717, 1.165) is 17.5 Å². The van der Waals surface area contributed by atoms with Crippen molar-refractivity contribution in [2.75, 3.05) is 0 Å². The summed E-state index contributed by atoms with van der Waals surface area (Å²) in [6, 6.07) is 10.7. The zero-order chi connectivity index (χ0) is 18.4. The second-order valence-electron chi connectivity index (χ2n) is 5.07. The van der Waals surface area contributed by atoms with Gasteiger partial charge in [0.25, 0.3) is 0 Å². The van der Waals surface area contributed by atoms with Gasteiger partial charge in [-0.15, -0.1) is 0 Å². The lowest BCUT2D eigenvalue weighted by Crippen LogP contribution is -2.04. The number of ether oxygens (including phenoxy) is 3. The maximum absolute atomic E-state index is 11.5. The number of benzene rings is 2. The first kappa shape index (κ1) is 18.0. The highest BCUT2D eigenvalue weighted by Gasteiger charge is 2.11. The van der Waals surface area contributed by atoms with Crippen LogP contribution in [0.15, 0.2) is 73.2 Å². The van der Waals surface area contributed by atoms with Crippen LogP contribution in [0, 0.1) is 0 Å². The number of fused-ring (bicyclic) bond motifs is 1. The normalized spacial score (nSPS) is 11.3. The molecule has 0 atom stereocenters. The lowest BCUT2D eigenvalue weighted by atomic mass is 10.1. The largest absolute Gasteiger partial charge is 0.458 e. The first-order valence-electron chi connectivity index (χ1n) is 7.51. The van der Waals surface area contributed by atoms with Crippen LogP contribution in [0.2, 0.25) is 0 Å². The van der Waals surface area contributed by atoms with Crippen LogP contribution in [0.25, 0.3) is 10.8 Å². The number of hydrogen-bond acceptors (Lipinski definition) is 5. The molecule has 0 saturated heterocycles. The van der Waals surface area contributed by atoms with Gasteiger partial charge in [-0.3, -0.25) is 0 Å². The van der Waals surface area contributed by atoms with Crippen LogP contribution in [-0.4, -0.2) is 11.9 Å². The van der Waals surface area contributed by atoms with Gasteiger partial charge in [-0.2, -0.15) is 0 Å². The third kappa shape index (κ3) is 4.35. The molecule has 0 unspecified atom stereocenters. The summed E-state index contributed by atoms with van der Waals surface area (Å²) in [6.07, 6.45) is 2.18. The zero-order valence-corrected chi connectivity index (χ0v) is 14.1. The number of carbonyl (C=O) groups excluding carboxylic acids is 2. The number of rotatable bonds is 6. The molecule has 2 rings (SSSR count). The molecule has 0 amide bonds. The summed E-state index contributed by atoms with van der Waals surface area (Å²) in [6.45, 7) is 10.1. The monoisotopic (exact) mass is 338 g/mol. The van der Waals surface area contributed by atoms with E-state index in [1.165, 1.54) is 0 Å². The van der Waals surface area contributed by atoms with Crippen molar-refractivity contribution in [3.63, 3.8) is 0 Å². The Morgan fingerprint density at radius 3 is 1.84 bits per heavy atom. The molecule has 0 fully saturated rings. The van der Waals surface area contributed by atoms with E-state index in [4.69, 9.17) is 14.2 Å². The van der Waals surface area contributed by atoms with Gasteiger partial charge >= 0.3 is 11.9 Å². The summed E-state index contributed by atoms with van der Waals surface area (Å²) in [5.74, 6) is 0.608. The summed E-state index contributed by atoms with van der Waals surface area (Å²) >= 11 is 0. The third-order valence-electron chi connectivity index (χ3n) is 3.40. The molecule has 0 aromatic heterocycles. The molecule has 0 aliphatic carbocycles. The quantitative estimate of drug-likeness (QED) is 0.340. The topological polar surface area (TPSA) is 61.8 Å². The SMILES string of the molecule is C=CC(=O)O/C(C)=C(\C)Oc1cccc2c(OC(=O)C=C)cccc12. The van der Waals surface area contributed by atoms with Crippen molar-refractivity contribution >= 4 is 22.7 Å². The Balaban J connectivity index is 2.39. The predicted molar refractivity (Wildman–Crippen MR) is 95.1 cm³/mol. The summed E-state index contributed by atoms with van der Waals surface area (Å²) in [7, 11) is 0. The first-order valence-corrected chi connectivity index (χ1v) is 7.51. The Morgan fingerprint density at radius 2 is 1.32 bits per heavy atom. The van der Waals surface area contributed by atoms with Gasteiger partial charge in [0.15, 0.2) is 0 Å². The molecule has 0 saturated carbocycles. The van der Waals surface area contributed by atoms with Crippen molar-refractivity contribution in [2.45, 2.75) is 13.8 Å². The Bertz CT molecular complexity index is 877. The van der Waals surface area contributed by atoms with Gasteiger partial charge in [0.1, 0.15) is 23.0 Å². The molecule has 0 heterocycles. The smallest absolute Gasteiger partial charge is 0.335 e. The fourth-order valence-corrected chi connectivity index (χ4v) is 2.08. The van der Waals surface area contributed by atoms with Crippen molar-refractivity contribution in [1.82, 2.24) is 0 Å². The van der Waals surface area contributed by atoms with Crippen LogP contribution in [0.4, 0.5) is 0 Å². The van der Waals surface area contributed by atoms with Gasteiger partial charge < -0.3 is 14.2 Å². The van der Waals surface area contributed by atoms with E-state index in [2.05, 4.69) is 13.2 Å². The number of hydrogen-bond donors (Lipinski definition) is 0. The summed E-state index contributed by atoms with van der Waals surface area (Å²) in [5, 5.41) is 1.46. The average Bonchev–Trinajstić information content (AvgIpc) is 2.62. The summed E-state index contributed by atoms with van der Waals surface area (Å²) in [4.78, 5) is 22.8. The average molecular weight is 338 g/mol. The molecule has 0 bridgehead atoms. The first-order chi connectivity index (χ1) is 12.0. The summed E-state index contributed by atoms with van der Waals surface area (Å²) in [5.41, 5.74) is 0. The van der Waals surface area contributed by atoms with Crippen molar-refractivity contribution in [3.8, 4) is 11.5 Å². The molecule has 0 N–H and O–H groups in total. The molecular weight excluding hydrogens is 320 g/mol. The van der Waals surface area contributed by atoms with Gasteiger partial charge in [0, 0.05) is 22.9 Å². The molecular formula is C20H18O5. The van der Waals surface area contributed by atoms with Crippen molar-refractivity contribution < 1.29 is 23.8 Å². The van der Waals surface area contributed by atoms with Crippen LogP contribution in [0.5, 0.6) is 11.5 Å². The molecule has 128 valence electrons. The van der Waals surface area contributed by atoms with E-state index < -0.39 is 11.9 Å². The van der Waals surface area contributed by atoms with Gasteiger partial charge in [-0.05, 0) is 26.0 Å². The minimum Gasteiger partial charge on any atom is -0.458 e. The lowest BCUT2D eigenvalue weighted by Gasteiger charge is -2.13. The minimum atomic E-state index is -0.558. The maximum Gasteiger partial charge on any atom is 0.335 e. The van der Waals surface area contributed by atoms with E-state index in [0.29, 0.717) is 28.4 Å². The Hall–Kier alpha value is -3.34. The zero-order valence-electron chi connectivity index (χ0n) is 14.1. The highest BCUT2D eigenvalue weighted by Crippen LogP contribution is 2.33.